The highest BCUT2D eigenvalue weighted by Gasteiger charge is 2.31. The van der Waals surface area contributed by atoms with Gasteiger partial charge < -0.3 is 10.6 Å². The molecular weight excluding hydrogens is 286 g/mol. The van der Waals surface area contributed by atoms with Gasteiger partial charge in [-0.15, -0.1) is 0 Å². The van der Waals surface area contributed by atoms with E-state index >= 15 is 0 Å². The zero-order valence-electron chi connectivity index (χ0n) is 12.4. The van der Waals surface area contributed by atoms with Crippen molar-refractivity contribution in [3.8, 4) is 0 Å². The first-order chi connectivity index (χ1) is 10.5. The van der Waals surface area contributed by atoms with Crippen molar-refractivity contribution in [1.29, 1.82) is 0 Å². The largest absolute Gasteiger partial charge is 0.344 e. The lowest BCUT2D eigenvalue weighted by Gasteiger charge is -2.23. The molecule has 2 rings (SSSR count). The first-order valence-corrected chi connectivity index (χ1v) is 7.30. The number of nitrogens with one attached hydrogen (secondary N) is 2. The second kappa shape index (κ2) is 7.02. The Morgan fingerprint density at radius 1 is 1.32 bits per heavy atom. The number of carbonyl (C=O) groups excluding carboxylic acids is 2. The Morgan fingerprint density at radius 2 is 2.00 bits per heavy atom. The van der Waals surface area contributed by atoms with E-state index in [1.807, 2.05) is 0 Å². The first-order valence-electron chi connectivity index (χ1n) is 7.30. The summed E-state index contributed by atoms with van der Waals surface area (Å²) in [4.78, 5) is 34.0. The summed E-state index contributed by atoms with van der Waals surface area (Å²) in [5.74, 6) is -0.476. The van der Waals surface area contributed by atoms with Crippen molar-refractivity contribution in [2.45, 2.75) is 38.6 Å². The van der Waals surface area contributed by atoms with Crippen LogP contribution in [-0.4, -0.2) is 22.8 Å². The molecule has 1 saturated carbocycles. The van der Waals surface area contributed by atoms with Gasteiger partial charge in [-0.25, -0.2) is 0 Å². The van der Waals surface area contributed by atoms with Gasteiger partial charge in [0.15, 0.2) is 0 Å². The van der Waals surface area contributed by atoms with Crippen molar-refractivity contribution in [3.05, 3.63) is 34.4 Å². The Morgan fingerprint density at radius 3 is 2.59 bits per heavy atom. The van der Waals surface area contributed by atoms with Crippen molar-refractivity contribution in [3.63, 3.8) is 0 Å². The van der Waals surface area contributed by atoms with Crippen LogP contribution >= 0.6 is 0 Å². The van der Waals surface area contributed by atoms with Crippen LogP contribution in [0.25, 0.3) is 0 Å². The van der Waals surface area contributed by atoms with Crippen LogP contribution in [0.3, 0.4) is 0 Å². The smallest absolute Gasteiger partial charge is 0.271 e. The van der Waals surface area contributed by atoms with Crippen molar-refractivity contribution in [2.75, 3.05) is 5.32 Å². The summed E-state index contributed by atoms with van der Waals surface area (Å²) in [5, 5.41) is 16.1. The minimum atomic E-state index is -0.598. The predicted molar refractivity (Wildman–Crippen MR) is 81.3 cm³/mol. The van der Waals surface area contributed by atoms with Crippen LogP contribution in [-0.2, 0) is 9.59 Å². The highest BCUT2D eigenvalue weighted by Crippen LogP contribution is 2.28. The lowest BCUT2D eigenvalue weighted by Crippen LogP contribution is -2.47. The molecule has 1 unspecified atom stereocenters. The Labute approximate surface area is 128 Å². The van der Waals surface area contributed by atoms with Crippen molar-refractivity contribution in [2.24, 2.45) is 5.92 Å². The molecule has 0 aliphatic heterocycles. The van der Waals surface area contributed by atoms with Crippen LogP contribution in [0, 0.1) is 16.0 Å². The minimum Gasteiger partial charge on any atom is -0.344 e. The highest BCUT2D eigenvalue weighted by molar-refractivity contribution is 5.97. The van der Waals surface area contributed by atoms with Crippen molar-refractivity contribution in [1.82, 2.24) is 5.32 Å². The number of rotatable bonds is 5. The fraction of sp³-hybridized carbons (Fsp3) is 0.467. The zero-order chi connectivity index (χ0) is 16.1. The third-order valence-electron chi connectivity index (χ3n) is 3.84. The second-order valence-electron chi connectivity index (χ2n) is 5.52. The lowest BCUT2D eigenvalue weighted by molar-refractivity contribution is -0.384. The van der Waals surface area contributed by atoms with Gasteiger partial charge in [0.1, 0.15) is 6.04 Å². The van der Waals surface area contributed by atoms with E-state index in [1.165, 1.54) is 25.1 Å². The van der Waals surface area contributed by atoms with E-state index in [1.54, 1.807) is 6.07 Å². The van der Waals surface area contributed by atoms with E-state index in [2.05, 4.69) is 10.6 Å². The molecule has 7 nitrogen and oxygen atoms in total. The molecule has 0 radical (unpaired) electrons. The van der Waals surface area contributed by atoms with E-state index in [0.29, 0.717) is 5.69 Å². The number of hydrogen-bond donors (Lipinski definition) is 2. The number of hydrogen-bond acceptors (Lipinski definition) is 4. The molecule has 0 aromatic heterocycles. The maximum atomic E-state index is 12.4. The molecule has 118 valence electrons. The minimum absolute atomic E-state index is 0.0882. The normalized spacial score (nSPS) is 16.0. The van der Waals surface area contributed by atoms with Gasteiger partial charge in [0.25, 0.3) is 5.69 Å². The quantitative estimate of drug-likeness (QED) is 0.643. The molecule has 0 bridgehead atoms. The molecule has 0 heterocycles. The third-order valence-corrected chi connectivity index (χ3v) is 3.84. The summed E-state index contributed by atoms with van der Waals surface area (Å²) in [6.07, 6.45) is 3.89. The Kier molecular flexibility index (Phi) is 5.08. The van der Waals surface area contributed by atoms with Gasteiger partial charge in [-0.3, -0.25) is 19.7 Å². The summed E-state index contributed by atoms with van der Waals surface area (Å²) >= 11 is 0. The van der Waals surface area contributed by atoms with Crippen LogP contribution < -0.4 is 10.6 Å². The molecule has 7 heteroatoms. The van der Waals surface area contributed by atoms with Crippen LogP contribution in [0.5, 0.6) is 0 Å². The average Bonchev–Trinajstić information content (AvgIpc) is 2.98. The van der Waals surface area contributed by atoms with Gasteiger partial charge in [-0.2, -0.15) is 0 Å². The van der Waals surface area contributed by atoms with Crippen LogP contribution in [0.2, 0.25) is 0 Å². The Hall–Kier alpha value is -2.44. The third kappa shape index (κ3) is 4.03. The van der Waals surface area contributed by atoms with Gasteiger partial charge in [0, 0.05) is 24.7 Å². The molecule has 1 aliphatic rings. The molecule has 1 atom stereocenters. The van der Waals surface area contributed by atoms with Crippen LogP contribution in [0.15, 0.2) is 24.3 Å². The maximum absolute atomic E-state index is 12.4. The first kappa shape index (κ1) is 15.9. The molecule has 0 spiro atoms. The van der Waals surface area contributed by atoms with Gasteiger partial charge in [0.2, 0.25) is 11.8 Å². The standard InChI is InChI=1S/C15H19N3O4/c1-10(19)16-14(11-5-2-3-6-11)15(20)17-12-7-4-8-13(9-12)18(21)22/h4,7-9,11,14H,2-3,5-6H2,1H3,(H,16,19)(H,17,20). The van der Waals surface area contributed by atoms with Gasteiger partial charge in [-0.1, -0.05) is 18.9 Å². The van der Waals surface area contributed by atoms with E-state index in [9.17, 15) is 19.7 Å². The topological polar surface area (TPSA) is 101 Å². The monoisotopic (exact) mass is 305 g/mol. The van der Waals surface area contributed by atoms with Crippen molar-refractivity contribution >= 4 is 23.2 Å². The van der Waals surface area contributed by atoms with E-state index in [0.717, 1.165) is 25.7 Å². The number of anilines is 1. The van der Waals surface area contributed by atoms with E-state index in [4.69, 9.17) is 0 Å². The van der Waals surface area contributed by atoms with E-state index in [-0.39, 0.29) is 23.4 Å². The average molecular weight is 305 g/mol. The summed E-state index contributed by atoms with van der Waals surface area (Å²) in [6, 6.07) is 5.16. The molecule has 0 saturated heterocycles. The molecule has 1 aliphatic carbocycles. The summed E-state index contributed by atoms with van der Waals surface area (Å²) in [7, 11) is 0. The zero-order valence-corrected chi connectivity index (χ0v) is 12.4. The van der Waals surface area contributed by atoms with Crippen LogP contribution in [0.4, 0.5) is 11.4 Å². The predicted octanol–water partition coefficient (Wildman–Crippen LogP) is 2.23. The van der Waals surface area contributed by atoms with Gasteiger partial charge in [-0.05, 0) is 24.8 Å². The SMILES string of the molecule is CC(=O)NC(C(=O)Nc1cccc([N+](=O)[O-])c1)C1CCCC1. The Bertz CT molecular complexity index is 582. The van der Waals surface area contributed by atoms with Crippen molar-refractivity contribution < 1.29 is 14.5 Å². The summed E-state index contributed by atoms with van der Waals surface area (Å²) in [6.45, 7) is 1.38. The number of benzene rings is 1. The molecule has 1 fully saturated rings. The summed E-state index contributed by atoms with van der Waals surface area (Å²) < 4.78 is 0. The number of nitrogens with zero attached hydrogens (tertiary/aromatic N) is 1. The number of non-ortho nitro benzene ring substituents is 1. The molecule has 1 aromatic carbocycles. The van der Waals surface area contributed by atoms with Gasteiger partial charge in [0.05, 0.1) is 4.92 Å². The number of amides is 2. The maximum Gasteiger partial charge on any atom is 0.271 e. The molecule has 2 N–H and O–H groups in total. The number of nitro benzene ring substituents is 1. The fourth-order valence-corrected chi connectivity index (χ4v) is 2.82. The highest BCUT2D eigenvalue weighted by atomic mass is 16.6. The summed E-state index contributed by atoms with van der Waals surface area (Å²) in [5.41, 5.74) is 0.266. The molecule has 1 aromatic rings. The lowest BCUT2D eigenvalue weighted by atomic mass is 9.97. The number of carbonyl (C=O) groups is 2. The van der Waals surface area contributed by atoms with E-state index < -0.39 is 11.0 Å². The molecule has 22 heavy (non-hydrogen) atoms. The fourth-order valence-electron chi connectivity index (χ4n) is 2.82. The van der Waals surface area contributed by atoms with Gasteiger partial charge >= 0.3 is 0 Å². The Balaban J connectivity index is 2.11. The van der Waals surface area contributed by atoms with Crippen LogP contribution in [0.1, 0.15) is 32.6 Å². The molecule has 2 amide bonds. The number of nitro groups is 1. The second-order valence-corrected chi connectivity index (χ2v) is 5.52. The molecular formula is C15H19N3O4.